The van der Waals surface area contributed by atoms with Crippen LogP contribution < -0.4 is 0 Å². The van der Waals surface area contributed by atoms with E-state index in [1.807, 2.05) is 41.0 Å². The molecule has 7 nitrogen and oxygen atoms in total. The molecule has 4 rings (SSSR count). The van der Waals surface area contributed by atoms with Crippen molar-refractivity contribution >= 4 is 27.7 Å². The highest BCUT2D eigenvalue weighted by molar-refractivity contribution is 9.10. The van der Waals surface area contributed by atoms with Gasteiger partial charge in [-0.1, -0.05) is 30.0 Å². The molecule has 0 fully saturated rings. The molecule has 0 atom stereocenters. The third kappa shape index (κ3) is 3.74. The Morgan fingerprint density at radius 1 is 1.11 bits per heavy atom. The Morgan fingerprint density at radius 2 is 2.00 bits per heavy atom. The molecule has 0 aliphatic carbocycles. The Hall–Kier alpha value is -2.65. The van der Waals surface area contributed by atoms with Crippen molar-refractivity contribution in [3.63, 3.8) is 0 Å². The first-order valence-electron chi connectivity index (χ1n) is 8.04. The van der Waals surface area contributed by atoms with Gasteiger partial charge >= 0.3 is 0 Å². The monoisotopic (exact) mass is 443 g/mol. The fraction of sp³-hybridized carbons (Fsp3) is 0.111. The maximum Gasteiger partial charge on any atom is 0.248 e. The quantitative estimate of drug-likeness (QED) is 0.298. The van der Waals surface area contributed by atoms with E-state index in [-0.39, 0.29) is 0 Å². The maximum atomic E-state index is 5.78. The molecule has 0 amide bonds. The van der Waals surface area contributed by atoms with E-state index in [1.165, 1.54) is 11.8 Å². The number of benzene rings is 1. The summed E-state index contributed by atoms with van der Waals surface area (Å²) < 4.78 is 14.1. The van der Waals surface area contributed by atoms with Gasteiger partial charge in [0.1, 0.15) is 0 Å². The van der Waals surface area contributed by atoms with Crippen molar-refractivity contribution in [2.45, 2.75) is 17.5 Å². The van der Waals surface area contributed by atoms with Crippen LogP contribution in [0.15, 0.2) is 73.8 Å². The van der Waals surface area contributed by atoms with Crippen LogP contribution in [0.3, 0.4) is 0 Å². The zero-order chi connectivity index (χ0) is 18.6. The number of hydrogen-bond acceptors (Lipinski definition) is 7. The van der Waals surface area contributed by atoms with Crippen LogP contribution in [0.5, 0.6) is 0 Å². The average molecular weight is 444 g/mol. The highest BCUT2D eigenvalue weighted by Gasteiger charge is 2.17. The Morgan fingerprint density at radius 3 is 2.78 bits per heavy atom. The van der Waals surface area contributed by atoms with E-state index in [4.69, 9.17) is 8.83 Å². The zero-order valence-electron chi connectivity index (χ0n) is 14.1. The van der Waals surface area contributed by atoms with Crippen LogP contribution in [0.2, 0.25) is 0 Å². The molecule has 0 unspecified atom stereocenters. The summed E-state index contributed by atoms with van der Waals surface area (Å²) >= 11 is 4.96. The normalized spacial score (nSPS) is 11.0. The van der Waals surface area contributed by atoms with Crippen molar-refractivity contribution < 1.29 is 8.83 Å². The SMILES string of the molecule is C=CCn1c(SCc2nnc(-c3ccccc3Br)o2)nnc1-c1ccco1. The summed E-state index contributed by atoms with van der Waals surface area (Å²) in [4.78, 5) is 0. The minimum absolute atomic E-state index is 0.474. The van der Waals surface area contributed by atoms with Crippen molar-refractivity contribution in [3.8, 4) is 23.0 Å². The van der Waals surface area contributed by atoms with Gasteiger partial charge in [0.2, 0.25) is 17.6 Å². The molecule has 0 radical (unpaired) electrons. The molecular weight excluding hydrogens is 430 g/mol. The molecule has 27 heavy (non-hydrogen) atoms. The lowest BCUT2D eigenvalue weighted by atomic mass is 10.2. The van der Waals surface area contributed by atoms with E-state index in [0.29, 0.717) is 35.7 Å². The molecule has 3 aromatic heterocycles. The van der Waals surface area contributed by atoms with E-state index >= 15 is 0 Å². The molecule has 0 spiro atoms. The molecule has 1 aromatic carbocycles. The average Bonchev–Trinajstić information content (AvgIpc) is 3.42. The van der Waals surface area contributed by atoms with E-state index in [0.717, 1.165) is 15.2 Å². The van der Waals surface area contributed by atoms with Crippen LogP contribution in [-0.2, 0) is 12.3 Å². The van der Waals surface area contributed by atoms with Crippen LogP contribution in [0, 0.1) is 0 Å². The van der Waals surface area contributed by atoms with Crippen LogP contribution in [0.1, 0.15) is 5.89 Å². The second-order valence-corrected chi connectivity index (χ2v) is 7.25. The van der Waals surface area contributed by atoms with Crippen molar-refractivity contribution in [2.75, 3.05) is 0 Å². The predicted molar refractivity (Wildman–Crippen MR) is 105 cm³/mol. The molecule has 0 saturated carbocycles. The van der Waals surface area contributed by atoms with E-state index in [9.17, 15) is 0 Å². The van der Waals surface area contributed by atoms with Crippen molar-refractivity contribution in [1.29, 1.82) is 0 Å². The summed E-state index contributed by atoms with van der Waals surface area (Å²) in [7, 11) is 0. The third-order valence-corrected chi connectivity index (χ3v) is 5.31. The van der Waals surface area contributed by atoms with Gasteiger partial charge in [-0.25, -0.2) is 0 Å². The molecule has 4 aromatic rings. The van der Waals surface area contributed by atoms with Crippen molar-refractivity contribution in [2.24, 2.45) is 0 Å². The Balaban J connectivity index is 1.53. The Labute approximate surface area is 167 Å². The van der Waals surface area contributed by atoms with Crippen LogP contribution in [0.25, 0.3) is 23.0 Å². The predicted octanol–water partition coefficient (Wildman–Crippen LogP) is 4.83. The lowest BCUT2D eigenvalue weighted by molar-refractivity contribution is 0.528. The van der Waals surface area contributed by atoms with Crippen LogP contribution in [-0.4, -0.2) is 25.0 Å². The van der Waals surface area contributed by atoms with Gasteiger partial charge in [0, 0.05) is 11.0 Å². The van der Waals surface area contributed by atoms with Crippen LogP contribution in [0.4, 0.5) is 0 Å². The molecule has 0 N–H and O–H groups in total. The zero-order valence-corrected chi connectivity index (χ0v) is 16.5. The fourth-order valence-corrected chi connectivity index (χ4v) is 3.70. The summed E-state index contributed by atoms with van der Waals surface area (Å²) in [5, 5.41) is 17.5. The van der Waals surface area contributed by atoms with Gasteiger partial charge in [-0.3, -0.25) is 4.57 Å². The molecule has 0 saturated heterocycles. The third-order valence-electron chi connectivity index (χ3n) is 3.67. The van der Waals surface area contributed by atoms with Gasteiger partial charge in [-0.2, -0.15) is 0 Å². The van der Waals surface area contributed by atoms with E-state index in [1.54, 1.807) is 12.3 Å². The smallest absolute Gasteiger partial charge is 0.248 e. The molecule has 9 heteroatoms. The minimum Gasteiger partial charge on any atom is -0.461 e. The van der Waals surface area contributed by atoms with Crippen molar-refractivity contribution in [1.82, 2.24) is 25.0 Å². The van der Waals surface area contributed by atoms with Gasteiger partial charge in [0.15, 0.2) is 10.9 Å². The molecular formula is C18H14BrN5O2S. The first kappa shape index (κ1) is 17.7. The summed E-state index contributed by atoms with van der Waals surface area (Å²) in [6.07, 6.45) is 3.40. The number of nitrogens with zero attached hydrogens (tertiary/aromatic N) is 5. The Bertz CT molecular complexity index is 1060. The fourth-order valence-electron chi connectivity index (χ4n) is 2.46. The van der Waals surface area contributed by atoms with Gasteiger partial charge in [0.05, 0.1) is 17.6 Å². The summed E-state index contributed by atoms with van der Waals surface area (Å²) in [5.74, 6) is 2.78. The maximum absolute atomic E-state index is 5.78. The molecule has 0 aliphatic rings. The van der Waals surface area contributed by atoms with Gasteiger partial charge in [-0.15, -0.1) is 27.0 Å². The number of halogens is 1. The standard InChI is InChI=1S/C18H14BrN5O2S/c1-2-9-24-16(14-8-5-10-25-14)21-23-18(24)27-11-15-20-22-17(26-15)12-6-3-4-7-13(12)19/h2-8,10H,1,9,11H2. The summed E-state index contributed by atoms with van der Waals surface area (Å²) in [6.45, 7) is 4.37. The second kappa shape index (κ2) is 7.93. The number of aromatic nitrogens is 5. The van der Waals surface area contributed by atoms with Gasteiger partial charge < -0.3 is 8.83 Å². The number of allylic oxidation sites excluding steroid dienone is 1. The lowest BCUT2D eigenvalue weighted by Gasteiger charge is -2.04. The van der Waals surface area contributed by atoms with Gasteiger partial charge in [-0.05, 0) is 40.2 Å². The van der Waals surface area contributed by atoms with E-state index in [2.05, 4.69) is 42.9 Å². The first-order valence-corrected chi connectivity index (χ1v) is 9.82. The highest BCUT2D eigenvalue weighted by Crippen LogP contribution is 2.29. The van der Waals surface area contributed by atoms with Crippen LogP contribution >= 0.6 is 27.7 Å². The number of furan rings is 1. The lowest BCUT2D eigenvalue weighted by Crippen LogP contribution is -2.00. The molecule has 3 heterocycles. The minimum atomic E-state index is 0.474. The highest BCUT2D eigenvalue weighted by atomic mass is 79.9. The number of hydrogen-bond donors (Lipinski definition) is 0. The molecule has 0 aliphatic heterocycles. The largest absolute Gasteiger partial charge is 0.461 e. The van der Waals surface area contributed by atoms with E-state index < -0.39 is 0 Å². The Kier molecular flexibility index (Phi) is 5.21. The topological polar surface area (TPSA) is 82.8 Å². The number of thioether (sulfide) groups is 1. The summed E-state index contributed by atoms with van der Waals surface area (Å²) in [6, 6.07) is 11.4. The summed E-state index contributed by atoms with van der Waals surface area (Å²) in [5.41, 5.74) is 0.858. The first-order chi connectivity index (χ1) is 13.3. The van der Waals surface area contributed by atoms with Crippen molar-refractivity contribution in [3.05, 3.63) is 65.7 Å². The second-order valence-electron chi connectivity index (χ2n) is 5.45. The number of rotatable bonds is 7. The molecule has 136 valence electrons. The molecule has 0 bridgehead atoms. The van der Waals surface area contributed by atoms with Gasteiger partial charge in [0.25, 0.3) is 0 Å².